The smallest absolute Gasteiger partial charge is 0.462 e. The average Bonchev–Trinajstić information content (AvgIpc) is 1.87. The first-order valence-corrected chi connectivity index (χ1v) is 42.5. The van der Waals surface area contributed by atoms with Crippen molar-refractivity contribution in [2.45, 2.75) is 413 Å². The summed E-state index contributed by atoms with van der Waals surface area (Å²) in [4.78, 5) is 72.8. The minimum atomic E-state index is -4.96. The quantitative estimate of drug-likeness (QED) is 0.0222. The molecule has 17 nitrogen and oxygen atoms in total. The van der Waals surface area contributed by atoms with Gasteiger partial charge in [-0.1, -0.05) is 343 Å². The summed E-state index contributed by atoms with van der Waals surface area (Å²) in [6, 6.07) is 0. The molecule has 0 aliphatic carbocycles. The zero-order chi connectivity index (χ0) is 70.0. The fourth-order valence-electron chi connectivity index (χ4n) is 11.6. The lowest BCUT2D eigenvalue weighted by molar-refractivity contribution is -0.161. The number of ether oxygens (including phenoxy) is 4. The Kier molecular flexibility index (Phi) is 66.5. The van der Waals surface area contributed by atoms with Gasteiger partial charge >= 0.3 is 39.5 Å². The van der Waals surface area contributed by atoms with Gasteiger partial charge in [0.25, 0.3) is 0 Å². The summed E-state index contributed by atoms with van der Waals surface area (Å²) in [7, 11) is -9.91. The fraction of sp³-hybridized carbons (Fsp3) is 0.947. The van der Waals surface area contributed by atoms with Gasteiger partial charge in [-0.2, -0.15) is 0 Å². The van der Waals surface area contributed by atoms with E-state index in [0.29, 0.717) is 25.7 Å². The monoisotopic (exact) mass is 1400 g/mol. The third-order valence-electron chi connectivity index (χ3n) is 18.1. The molecule has 0 aromatic heterocycles. The number of carbonyl (C=O) groups excluding carboxylic acids is 4. The van der Waals surface area contributed by atoms with Crippen LogP contribution in [0.2, 0.25) is 0 Å². The van der Waals surface area contributed by atoms with Gasteiger partial charge in [-0.05, 0) is 37.5 Å². The molecule has 564 valence electrons. The number of hydrogen-bond donors (Lipinski definition) is 3. The zero-order valence-corrected chi connectivity index (χ0v) is 63.8. The maximum atomic E-state index is 13.1. The Labute approximate surface area is 581 Å². The van der Waals surface area contributed by atoms with Crippen molar-refractivity contribution in [1.82, 2.24) is 0 Å². The van der Waals surface area contributed by atoms with E-state index < -0.39 is 97.5 Å². The van der Waals surface area contributed by atoms with E-state index in [1.54, 1.807) is 0 Å². The van der Waals surface area contributed by atoms with Gasteiger partial charge in [-0.25, -0.2) is 9.13 Å². The highest BCUT2D eigenvalue weighted by atomic mass is 31.2. The zero-order valence-electron chi connectivity index (χ0n) is 62.0. The molecule has 3 unspecified atom stereocenters. The Morgan fingerprint density at radius 3 is 0.800 bits per heavy atom. The van der Waals surface area contributed by atoms with Gasteiger partial charge in [0.05, 0.1) is 26.4 Å². The van der Waals surface area contributed by atoms with Crippen molar-refractivity contribution in [3.8, 4) is 0 Å². The number of phosphoric ester groups is 2. The van der Waals surface area contributed by atoms with Crippen LogP contribution in [-0.2, 0) is 65.4 Å². The van der Waals surface area contributed by atoms with Crippen molar-refractivity contribution in [1.29, 1.82) is 0 Å². The van der Waals surface area contributed by atoms with E-state index in [9.17, 15) is 43.2 Å². The highest BCUT2D eigenvalue weighted by molar-refractivity contribution is 7.47. The molecule has 0 aliphatic rings. The normalized spacial score (nSPS) is 14.3. The summed E-state index contributed by atoms with van der Waals surface area (Å²) in [5.41, 5.74) is 0. The van der Waals surface area contributed by atoms with Crippen LogP contribution in [0.1, 0.15) is 395 Å². The lowest BCUT2D eigenvalue weighted by Crippen LogP contribution is -2.30. The third-order valence-corrected chi connectivity index (χ3v) is 20.0. The van der Waals surface area contributed by atoms with Gasteiger partial charge in [0.2, 0.25) is 0 Å². The van der Waals surface area contributed by atoms with Crippen LogP contribution >= 0.6 is 15.6 Å². The minimum absolute atomic E-state index is 0.105. The molecule has 0 aromatic rings. The summed E-state index contributed by atoms with van der Waals surface area (Å²) < 4.78 is 68.5. The maximum Gasteiger partial charge on any atom is 0.472 e. The van der Waals surface area contributed by atoms with Crippen molar-refractivity contribution in [2.24, 2.45) is 11.8 Å². The summed E-state index contributed by atoms with van der Waals surface area (Å²) in [5, 5.41) is 10.6. The number of rotatable bonds is 75. The van der Waals surface area contributed by atoms with Gasteiger partial charge in [-0.15, -0.1) is 0 Å². The standard InChI is InChI=1S/C76H148O17P2/c1-7-10-12-14-16-18-20-21-22-23-24-25-26-30-35-42-48-54-60-75(80)92-71(64-87-74(79)59-53-47-41-34-31-27-29-32-38-44-50-56-68(4)5)66-90-94(82,83)88-62-70(77)63-89-95(84,85)91-67-72(65-86-73(78)58-52-46-40-33-28-19-17-15-13-11-8-2)93-76(81)61-55-49-43-37-36-39-45-51-57-69(6)9-3/h68-72,77H,7-67H2,1-6H3,(H,82,83)(H,84,85)/t69?,70-,71-,72-/m1/s1. The first kappa shape index (κ1) is 93.1. The molecular formula is C76H148O17P2. The molecule has 3 N–H and O–H groups in total. The predicted molar refractivity (Wildman–Crippen MR) is 386 cm³/mol. The second-order valence-corrected chi connectivity index (χ2v) is 31.0. The lowest BCUT2D eigenvalue weighted by Gasteiger charge is -2.21. The minimum Gasteiger partial charge on any atom is -0.462 e. The molecular weight excluding hydrogens is 1250 g/mol. The Balaban J connectivity index is 5.25. The van der Waals surface area contributed by atoms with Gasteiger partial charge in [0, 0.05) is 25.7 Å². The molecule has 0 saturated heterocycles. The van der Waals surface area contributed by atoms with Gasteiger partial charge in [-0.3, -0.25) is 37.3 Å². The van der Waals surface area contributed by atoms with Crippen LogP contribution < -0.4 is 0 Å². The first-order valence-electron chi connectivity index (χ1n) is 39.5. The molecule has 0 saturated carbocycles. The summed E-state index contributed by atoms with van der Waals surface area (Å²) in [6.45, 7) is 9.60. The number of hydrogen-bond acceptors (Lipinski definition) is 15. The second kappa shape index (κ2) is 67.9. The molecule has 6 atom stereocenters. The van der Waals surface area contributed by atoms with E-state index in [-0.39, 0.29) is 25.7 Å². The number of esters is 4. The first-order chi connectivity index (χ1) is 45.9. The van der Waals surface area contributed by atoms with Crippen LogP contribution in [-0.4, -0.2) is 96.7 Å². The van der Waals surface area contributed by atoms with Crippen molar-refractivity contribution in [3.05, 3.63) is 0 Å². The van der Waals surface area contributed by atoms with E-state index in [2.05, 4.69) is 41.5 Å². The molecule has 0 aromatic carbocycles. The van der Waals surface area contributed by atoms with Gasteiger partial charge < -0.3 is 33.8 Å². The number of unbranched alkanes of at least 4 members (excludes halogenated alkanes) is 44. The maximum absolute atomic E-state index is 13.1. The van der Waals surface area contributed by atoms with E-state index in [1.165, 1.54) is 212 Å². The van der Waals surface area contributed by atoms with Crippen molar-refractivity contribution in [2.75, 3.05) is 39.6 Å². The second-order valence-electron chi connectivity index (χ2n) is 28.1. The van der Waals surface area contributed by atoms with E-state index in [0.717, 1.165) is 102 Å². The van der Waals surface area contributed by atoms with Crippen LogP contribution in [0.25, 0.3) is 0 Å². The highest BCUT2D eigenvalue weighted by Crippen LogP contribution is 2.45. The lowest BCUT2D eigenvalue weighted by atomic mass is 9.99. The molecule has 0 aliphatic heterocycles. The van der Waals surface area contributed by atoms with Crippen LogP contribution in [0, 0.1) is 11.8 Å². The molecule has 0 amide bonds. The van der Waals surface area contributed by atoms with Crippen LogP contribution in [0.5, 0.6) is 0 Å². The Morgan fingerprint density at radius 1 is 0.305 bits per heavy atom. The van der Waals surface area contributed by atoms with E-state index in [1.807, 2.05) is 0 Å². The van der Waals surface area contributed by atoms with Crippen LogP contribution in [0.4, 0.5) is 0 Å². The number of phosphoric acid groups is 2. The van der Waals surface area contributed by atoms with Crippen molar-refractivity contribution < 1.29 is 80.2 Å². The molecule has 19 heteroatoms. The van der Waals surface area contributed by atoms with E-state index in [4.69, 9.17) is 37.0 Å². The van der Waals surface area contributed by atoms with Crippen LogP contribution in [0.15, 0.2) is 0 Å². The van der Waals surface area contributed by atoms with Crippen molar-refractivity contribution in [3.63, 3.8) is 0 Å². The Hall–Kier alpha value is -1.94. The molecule has 0 heterocycles. The van der Waals surface area contributed by atoms with Gasteiger partial charge in [0.1, 0.15) is 19.3 Å². The van der Waals surface area contributed by atoms with E-state index >= 15 is 0 Å². The largest absolute Gasteiger partial charge is 0.472 e. The summed E-state index contributed by atoms with van der Waals surface area (Å²) in [6.07, 6.45) is 55.4. The molecule has 0 rings (SSSR count). The predicted octanol–water partition coefficient (Wildman–Crippen LogP) is 22.3. The molecule has 0 bridgehead atoms. The molecule has 0 spiro atoms. The number of aliphatic hydroxyl groups excluding tert-OH is 1. The molecule has 0 fully saturated rings. The van der Waals surface area contributed by atoms with Crippen LogP contribution in [0.3, 0.4) is 0 Å². The molecule has 95 heavy (non-hydrogen) atoms. The Morgan fingerprint density at radius 2 is 0.537 bits per heavy atom. The Bertz CT molecular complexity index is 1840. The topological polar surface area (TPSA) is 237 Å². The third kappa shape index (κ3) is 69.0. The molecule has 0 radical (unpaired) electrons. The average molecular weight is 1400 g/mol. The van der Waals surface area contributed by atoms with Gasteiger partial charge in [0.15, 0.2) is 12.2 Å². The highest BCUT2D eigenvalue weighted by Gasteiger charge is 2.30. The summed E-state index contributed by atoms with van der Waals surface area (Å²) in [5.74, 6) is -0.575. The number of carbonyl (C=O) groups is 4. The van der Waals surface area contributed by atoms with Crippen molar-refractivity contribution >= 4 is 39.5 Å². The SMILES string of the molecule is CCCCCCCCCCCCCCCCCCCCC(=O)O[C@H](COC(=O)CCCCCCCCCCCCCC(C)C)COP(=O)(O)OC[C@@H](O)COP(=O)(O)OC[C@@H](COC(=O)CCCCCCCCCCCCC)OC(=O)CCCCCCCCCCC(C)CC. The fourth-order valence-corrected chi connectivity index (χ4v) is 13.2. The number of aliphatic hydroxyl groups is 1. The summed E-state index contributed by atoms with van der Waals surface area (Å²) >= 11 is 0.